The van der Waals surface area contributed by atoms with Gasteiger partial charge in [-0.05, 0) is 30.6 Å². The fourth-order valence-corrected chi connectivity index (χ4v) is 3.13. The Bertz CT molecular complexity index is 775. The molecule has 126 valence electrons. The largest absolute Gasteiger partial charge is 0.412 e. The van der Waals surface area contributed by atoms with Crippen molar-refractivity contribution in [3.05, 3.63) is 45.5 Å². The first kappa shape index (κ1) is 17.9. The third kappa shape index (κ3) is 3.56. The summed E-state index contributed by atoms with van der Waals surface area (Å²) >= 11 is 0. The molecular weight excluding hydrogens is 309 g/mol. The Morgan fingerprint density at radius 3 is 2.43 bits per heavy atom. The van der Waals surface area contributed by atoms with Gasteiger partial charge in [0.1, 0.15) is 0 Å². The molecule has 0 radical (unpaired) electrons. The fraction of sp³-hybridized carbons (Fsp3) is 0.500. The van der Waals surface area contributed by atoms with Gasteiger partial charge in [-0.15, -0.1) is 0 Å². The molecule has 0 saturated heterocycles. The molecule has 23 heavy (non-hydrogen) atoms. The van der Waals surface area contributed by atoms with E-state index in [1.807, 2.05) is 13.0 Å². The number of rotatable bonds is 4. The van der Waals surface area contributed by atoms with E-state index in [2.05, 4.69) is 38.8 Å². The standard InChI is InChI=1S/C18H26FNO2Si/c1-7-12-10-13-8-9-14(15(19)16(13)20-17(12)21)11-22-23(5,6)18(2,3)4/h8-10H,7,11H2,1-6H3,(H,20,21). The molecule has 1 N–H and O–H groups in total. The van der Waals surface area contributed by atoms with Gasteiger partial charge in [-0.3, -0.25) is 4.79 Å². The van der Waals surface area contributed by atoms with Crippen LogP contribution < -0.4 is 5.56 Å². The number of nitrogens with one attached hydrogen (secondary N) is 1. The van der Waals surface area contributed by atoms with E-state index >= 15 is 0 Å². The molecule has 1 aromatic heterocycles. The van der Waals surface area contributed by atoms with E-state index < -0.39 is 8.32 Å². The van der Waals surface area contributed by atoms with Crippen LogP contribution in [0.1, 0.15) is 38.8 Å². The summed E-state index contributed by atoms with van der Waals surface area (Å²) in [5.41, 5.74) is 1.20. The zero-order valence-electron chi connectivity index (χ0n) is 14.8. The van der Waals surface area contributed by atoms with E-state index in [9.17, 15) is 9.18 Å². The van der Waals surface area contributed by atoms with Crippen LogP contribution in [0.2, 0.25) is 18.1 Å². The molecule has 1 heterocycles. The summed E-state index contributed by atoms with van der Waals surface area (Å²) in [5, 5.41) is 0.792. The third-order valence-corrected chi connectivity index (χ3v) is 9.37. The Labute approximate surface area is 138 Å². The van der Waals surface area contributed by atoms with Crippen molar-refractivity contribution in [3.8, 4) is 0 Å². The SMILES string of the molecule is CCc1cc2ccc(CO[Si](C)(C)C(C)(C)C)c(F)c2[nH]c1=O. The van der Waals surface area contributed by atoms with E-state index in [1.165, 1.54) is 0 Å². The van der Waals surface area contributed by atoms with Crippen LogP contribution in [0.3, 0.4) is 0 Å². The highest BCUT2D eigenvalue weighted by Gasteiger charge is 2.37. The minimum absolute atomic E-state index is 0.0741. The Morgan fingerprint density at radius 1 is 1.22 bits per heavy atom. The second-order valence-corrected chi connectivity index (χ2v) is 12.3. The van der Waals surface area contributed by atoms with Gasteiger partial charge in [-0.1, -0.05) is 39.8 Å². The van der Waals surface area contributed by atoms with Crippen molar-refractivity contribution in [2.45, 2.75) is 58.9 Å². The van der Waals surface area contributed by atoms with E-state index in [0.717, 1.165) is 5.39 Å². The van der Waals surface area contributed by atoms with E-state index in [1.54, 1.807) is 12.1 Å². The summed E-state index contributed by atoms with van der Waals surface area (Å²) in [6.45, 7) is 12.9. The van der Waals surface area contributed by atoms with Crippen LogP contribution in [0, 0.1) is 5.82 Å². The summed E-state index contributed by atoms with van der Waals surface area (Å²) in [4.78, 5) is 14.6. The van der Waals surface area contributed by atoms with Gasteiger partial charge in [-0.2, -0.15) is 0 Å². The van der Waals surface area contributed by atoms with Crippen molar-refractivity contribution in [3.63, 3.8) is 0 Å². The first-order chi connectivity index (χ1) is 10.6. The van der Waals surface area contributed by atoms with E-state index in [4.69, 9.17) is 4.43 Å². The van der Waals surface area contributed by atoms with Gasteiger partial charge in [-0.25, -0.2) is 4.39 Å². The molecule has 0 unspecified atom stereocenters. The van der Waals surface area contributed by atoms with Gasteiger partial charge in [0.05, 0.1) is 12.1 Å². The molecule has 0 aliphatic carbocycles. The molecule has 2 aromatic rings. The summed E-state index contributed by atoms with van der Waals surface area (Å²) < 4.78 is 20.8. The average Bonchev–Trinajstić information content (AvgIpc) is 2.45. The first-order valence-corrected chi connectivity index (χ1v) is 10.9. The number of fused-ring (bicyclic) bond motifs is 1. The number of hydrogen-bond acceptors (Lipinski definition) is 2. The fourth-order valence-electron chi connectivity index (χ4n) is 2.18. The molecular formula is C18H26FNO2Si. The van der Waals surface area contributed by atoms with Crippen molar-refractivity contribution in [2.75, 3.05) is 0 Å². The minimum atomic E-state index is -1.94. The zero-order valence-corrected chi connectivity index (χ0v) is 15.8. The van der Waals surface area contributed by atoms with E-state index in [0.29, 0.717) is 17.5 Å². The molecule has 0 amide bonds. The molecule has 3 nitrogen and oxygen atoms in total. The van der Waals surface area contributed by atoms with Crippen LogP contribution in [0.25, 0.3) is 10.9 Å². The number of aromatic amines is 1. The second kappa shape index (κ2) is 6.21. The summed E-state index contributed by atoms with van der Waals surface area (Å²) in [7, 11) is -1.94. The van der Waals surface area contributed by atoms with Crippen LogP contribution >= 0.6 is 0 Å². The highest BCUT2D eigenvalue weighted by Crippen LogP contribution is 2.37. The molecule has 0 fully saturated rings. The van der Waals surface area contributed by atoms with Crippen LogP contribution in [0.15, 0.2) is 23.0 Å². The summed E-state index contributed by atoms with van der Waals surface area (Å²) in [6.07, 6.45) is 0.628. The molecule has 5 heteroatoms. The molecule has 0 aliphatic rings. The topological polar surface area (TPSA) is 42.1 Å². The van der Waals surface area contributed by atoms with Crippen molar-refractivity contribution in [2.24, 2.45) is 0 Å². The van der Waals surface area contributed by atoms with Gasteiger partial charge >= 0.3 is 0 Å². The molecule has 0 aliphatic heterocycles. The quantitative estimate of drug-likeness (QED) is 0.819. The lowest BCUT2D eigenvalue weighted by Crippen LogP contribution is -2.40. The second-order valence-electron chi connectivity index (χ2n) is 7.53. The maximum atomic E-state index is 14.7. The van der Waals surface area contributed by atoms with Crippen molar-refractivity contribution >= 4 is 19.2 Å². The Morgan fingerprint density at radius 2 is 1.87 bits per heavy atom. The van der Waals surface area contributed by atoms with Gasteiger partial charge in [0.25, 0.3) is 5.56 Å². The van der Waals surface area contributed by atoms with E-state index in [-0.39, 0.29) is 28.5 Å². The highest BCUT2D eigenvalue weighted by atomic mass is 28.4. The molecule has 0 saturated carbocycles. The maximum Gasteiger partial charge on any atom is 0.251 e. The van der Waals surface area contributed by atoms with Crippen LogP contribution in [-0.2, 0) is 17.5 Å². The predicted octanol–water partition coefficient (Wildman–Crippen LogP) is 4.75. The number of benzene rings is 1. The number of aromatic nitrogens is 1. The predicted molar refractivity (Wildman–Crippen MR) is 95.9 cm³/mol. The maximum absolute atomic E-state index is 14.7. The lowest BCUT2D eigenvalue weighted by Gasteiger charge is -2.36. The first-order valence-electron chi connectivity index (χ1n) is 8.04. The van der Waals surface area contributed by atoms with Gasteiger partial charge in [0.2, 0.25) is 0 Å². The molecule has 2 rings (SSSR count). The van der Waals surface area contributed by atoms with Crippen LogP contribution in [-0.4, -0.2) is 13.3 Å². The molecule has 1 aromatic carbocycles. The van der Waals surface area contributed by atoms with Gasteiger partial charge in [0.15, 0.2) is 14.1 Å². The third-order valence-electron chi connectivity index (χ3n) is 4.89. The molecule has 0 spiro atoms. The zero-order chi connectivity index (χ0) is 17.4. The molecule has 0 bridgehead atoms. The summed E-state index contributed by atoms with van der Waals surface area (Å²) in [5.74, 6) is -0.388. The van der Waals surface area contributed by atoms with Crippen molar-refractivity contribution in [1.82, 2.24) is 4.98 Å². The van der Waals surface area contributed by atoms with Crippen LogP contribution in [0.4, 0.5) is 4.39 Å². The van der Waals surface area contributed by atoms with Gasteiger partial charge < -0.3 is 9.41 Å². The number of aryl methyl sites for hydroxylation is 1. The Balaban J connectivity index is 2.37. The molecule has 0 atom stereocenters. The normalized spacial score (nSPS) is 12.8. The Kier molecular flexibility index (Phi) is 4.83. The van der Waals surface area contributed by atoms with Gasteiger partial charge in [0, 0.05) is 16.5 Å². The minimum Gasteiger partial charge on any atom is -0.412 e. The number of halogens is 1. The lowest BCUT2D eigenvalue weighted by molar-refractivity contribution is 0.271. The highest BCUT2D eigenvalue weighted by molar-refractivity contribution is 6.74. The number of pyridine rings is 1. The average molecular weight is 335 g/mol. The Hall–Kier alpha value is -1.46. The van der Waals surface area contributed by atoms with Crippen molar-refractivity contribution < 1.29 is 8.82 Å². The summed E-state index contributed by atoms with van der Waals surface area (Å²) in [6, 6.07) is 5.36. The number of H-pyrrole nitrogens is 1. The van der Waals surface area contributed by atoms with Crippen LogP contribution in [0.5, 0.6) is 0 Å². The van der Waals surface area contributed by atoms with Crippen molar-refractivity contribution in [1.29, 1.82) is 0 Å². The number of hydrogen-bond donors (Lipinski definition) is 1. The smallest absolute Gasteiger partial charge is 0.251 e. The lowest BCUT2D eigenvalue weighted by atomic mass is 10.1. The monoisotopic (exact) mass is 335 g/mol.